The van der Waals surface area contributed by atoms with Crippen LogP contribution in [0, 0.1) is 20.8 Å². The van der Waals surface area contributed by atoms with E-state index in [-0.39, 0.29) is 5.16 Å². The first kappa shape index (κ1) is 28.8. The maximum Gasteiger partial charge on any atom is 0.126 e. The van der Waals surface area contributed by atoms with Crippen molar-refractivity contribution in [1.29, 1.82) is 0 Å². The minimum Gasteiger partial charge on any atom is -0.488 e. The molecule has 0 bridgehead atoms. The summed E-state index contributed by atoms with van der Waals surface area (Å²) in [5.41, 5.74) is 9.83. The second kappa shape index (κ2) is 13.2. The third-order valence-corrected chi connectivity index (χ3v) is 9.87. The molecule has 4 rings (SSSR count). The maximum absolute atomic E-state index is 6.68. The van der Waals surface area contributed by atoms with Crippen LogP contribution in [0.2, 0.25) is 0 Å². The summed E-state index contributed by atoms with van der Waals surface area (Å²) >= 11 is 0. The molecule has 0 aromatic heterocycles. The van der Waals surface area contributed by atoms with Crippen molar-refractivity contribution in [3.05, 3.63) is 130 Å². The Bertz CT molecular complexity index is 1410. The monoisotopic (exact) mass is 535 g/mol. The van der Waals surface area contributed by atoms with Gasteiger partial charge in [-0.05, 0) is 55.6 Å². The van der Waals surface area contributed by atoms with Crippen LogP contribution in [0.5, 0.6) is 5.75 Å². The van der Waals surface area contributed by atoms with Crippen LogP contribution in [0.15, 0.2) is 96.0 Å². The minimum atomic E-state index is -0.0338. The zero-order valence-electron chi connectivity index (χ0n) is 24.3. The number of rotatable bonds is 11. The van der Waals surface area contributed by atoms with Crippen LogP contribution in [-0.4, -0.2) is 12.8 Å². The van der Waals surface area contributed by atoms with E-state index in [9.17, 15) is 0 Å². The third kappa shape index (κ3) is 6.51. The van der Waals surface area contributed by atoms with Gasteiger partial charge in [-0.25, -0.2) is 0 Å². The fourth-order valence-electron chi connectivity index (χ4n) is 5.65. The Kier molecular flexibility index (Phi) is 9.76. The van der Waals surface area contributed by atoms with Crippen molar-refractivity contribution in [2.24, 2.45) is 4.99 Å². The maximum atomic E-state index is 6.68. The predicted octanol–water partition coefficient (Wildman–Crippen LogP) is 9.07. The summed E-state index contributed by atoms with van der Waals surface area (Å²) in [5, 5.41) is 1.37. The van der Waals surface area contributed by atoms with Crippen molar-refractivity contribution in [3.8, 4) is 5.75 Å². The normalized spacial score (nSPS) is 13.5. The van der Waals surface area contributed by atoms with Gasteiger partial charge in [0.15, 0.2) is 0 Å². The lowest BCUT2D eigenvalue weighted by atomic mass is 9.87. The Hall–Kier alpha value is -3.22. The molecule has 0 radical (unpaired) electrons. The first-order valence-electron chi connectivity index (χ1n) is 14.1. The molecule has 0 aliphatic carbocycles. The van der Waals surface area contributed by atoms with Crippen molar-refractivity contribution in [3.63, 3.8) is 0 Å². The Balaban J connectivity index is 1.85. The van der Waals surface area contributed by atoms with Gasteiger partial charge in [0, 0.05) is 28.9 Å². The van der Waals surface area contributed by atoms with Crippen LogP contribution in [0.4, 0.5) is 0 Å². The van der Waals surface area contributed by atoms with Crippen LogP contribution in [0.3, 0.4) is 0 Å². The van der Waals surface area contributed by atoms with E-state index in [0.717, 1.165) is 36.3 Å². The van der Waals surface area contributed by atoms with E-state index in [1.165, 1.54) is 38.7 Å². The second-order valence-electron chi connectivity index (χ2n) is 10.5. The van der Waals surface area contributed by atoms with Crippen molar-refractivity contribution >= 4 is 19.6 Å². The average molecular weight is 536 g/mol. The molecule has 4 aromatic rings. The Morgan fingerprint density at radius 3 is 2.15 bits per heavy atom. The summed E-state index contributed by atoms with van der Waals surface area (Å²) in [6.07, 6.45) is 3.26. The number of aliphatic imine (C=N–C) groups is 1. The Morgan fingerprint density at radius 2 is 1.51 bits per heavy atom. The van der Waals surface area contributed by atoms with Gasteiger partial charge in [0.2, 0.25) is 0 Å². The zero-order valence-corrected chi connectivity index (χ0v) is 25.3. The van der Waals surface area contributed by atoms with Crippen molar-refractivity contribution in [2.75, 3.05) is 7.05 Å². The first-order chi connectivity index (χ1) is 18.9. The predicted molar refractivity (Wildman–Crippen MR) is 171 cm³/mol. The molecule has 202 valence electrons. The lowest BCUT2D eigenvalue weighted by Crippen LogP contribution is -2.27. The molecule has 0 fully saturated rings. The summed E-state index contributed by atoms with van der Waals surface area (Å²) < 4.78 is 6.68. The highest BCUT2D eigenvalue weighted by Crippen LogP contribution is 2.52. The number of benzene rings is 4. The lowest BCUT2D eigenvalue weighted by molar-refractivity contribution is 0.295. The number of ether oxygens (including phenoxy) is 1. The molecule has 0 saturated carbocycles. The average Bonchev–Trinajstić information content (AvgIpc) is 2.95. The van der Waals surface area contributed by atoms with Gasteiger partial charge in [0.05, 0.1) is 5.71 Å². The highest BCUT2D eigenvalue weighted by atomic mass is 31.1. The molecule has 3 heteroatoms. The fourth-order valence-corrected chi connectivity index (χ4v) is 7.62. The minimum absolute atomic E-state index is 0.0338. The van der Waals surface area contributed by atoms with Gasteiger partial charge in [-0.2, -0.15) is 0 Å². The molecule has 0 N–H and O–H groups in total. The van der Waals surface area contributed by atoms with Crippen LogP contribution >= 0.6 is 8.58 Å². The highest BCUT2D eigenvalue weighted by molar-refractivity contribution is 7.49. The third-order valence-electron chi connectivity index (χ3n) is 7.60. The molecule has 0 amide bonds. The molecule has 2 atom stereocenters. The number of hydrogen-bond acceptors (Lipinski definition) is 2. The van der Waals surface area contributed by atoms with Crippen LogP contribution in [0.25, 0.3) is 0 Å². The van der Waals surface area contributed by atoms with Gasteiger partial charge in [0.25, 0.3) is 0 Å². The summed E-state index contributed by atoms with van der Waals surface area (Å²) in [4.78, 5) is 4.81. The largest absolute Gasteiger partial charge is 0.488 e. The van der Waals surface area contributed by atoms with E-state index in [4.69, 9.17) is 9.73 Å². The van der Waals surface area contributed by atoms with Gasteiger partial charge in [-0.15, -0.1) is 0 Å². The van der Waals surface area contributed by atoms with Gasteiger partial charge in [-0.3, -0.25) is 4.99 Å². The number of nitrogens with zero attached hydrogens (tertiary/aromatic N) is 1. The van der Waals surface area contributed by atoms with E-state index < -0.39 is 0 Å². The lowest BCUT2D eigenvalue weighted by Gasteiger charge is -2.37. The Labute approximate surface area is 237 Å². The van der Waals surface area contributed by atoms with Crippen LogP contribution in [-0.2, 0) is 11.8 Å². The Morgan fingerprint density at radius 1 is 0.821 bits per heavy atom. The fraction of sp³-hybridized carbons (Fsp3) is 0.306. The zero-order chi connectivity index (χ0) is 27.8. The topological polar surface area (TPSA) is 21.6 Å². The molecule has 4 aromatic carbocycles. The van der Waals surface area contributed by atoms with Gasteiger partial charge >= 0.3 is 0 Å². The molecule has 0 saturated heterocycles. The molecule has 2 unspecified atom stereocenters. The van der Waals surface area contributed by atoms with E-state index in [2.05, 4.69) is 126 Å². The smallest absolute Gasteiger partial charge is 0.126 e. The molecule has 2 nitrogen and oxygen atoms in total. The van der Waals surface area contributed by atoms with Crippen LogP contribution < -0.4 is 10.0 Å². The molecule has 0 aliphatic rings. The van der Waals surface area contributed by atoms with Crippen molar-refractivity contribution in [1.82, 2.24) is 0 Å². The van der Waals surface area contributed by atoms with Crippen LogP contribution in [0.1, 0.15) is 72.1 Å². The summed E-state index contributed by atoms with van der Waals surface area (Å²) in [5.74, 6) is 1.05. The quantitative estimate of drug-likeness (QED) is 0.139. The molecular formula is C36H42NOP. The van der Waals surface area contributed by atoms with E-state index >= 15 is 0 Å². The second-order valence-corrected chi connectivity index (χ2v) is 12.2. The van der Waals surface area contributed by atoms with E-state index in [0.29, 0.717) is 15.2 Å². The van der Waals surface area contributed by atoms with E-state index in [1.54, 1.807) is 0 Å². The first-order valence-corrected chi connectivity index (χ1v) is 15.1. The van der Waals surface area contributed by atoms with Gasteiger partial charge < -0.3 is 4.74 Å². The molecule has 0 aliphatic heterocycles. The molecular weight excluding hydrogens is 493 g/mol. The van der Waals surface area contributed by atoms with E-state index in [1.807, 2.05) is 7.05 Å². The summed E-state index contributed by atoms with van der Waals surface area (Å²) in [7, 11) is 2.50. The highest BCUT2D eigenvalue weighted by Gasteiger charge is 2.35. The van der Waals surface area contributed by atoms with Crippen molar-refractivity contribution in [2.45, 2.75) is 65.6 Å². The van der Waals surface area contributed by atoms with Crippen molar-refractivity contribution < 1.29 is 4.74 Å². The number of aryl methyl sites for hydroxylation is 3. The summed E-state index contributed by atoms with van der Waals surface area (Å²) in [6.45, 7) is 11.9. The summed E-state index contributed by atoms with van der Waals surface area (Å²) in [6, 6.07) is 32.4. The SMILES string of the molecule is CCCC(CC)(Pc1c(C)cccc1C(=NC)c1ccccc1)c1cc(C)cc(C)c1OCc1ccccc1. The standard InChI is InChI=1S/C36H42NOP/c1-7-22-36(8-2,32-24-26(3)23-28(5)34(32)38-25-29-17-11-9-12-18-29)39-35-27(4)16-15-21-31(35)33(37-6)30-19-13-10-14-20-30/h9-21,23-24,39H,7-8,22,25H2,1-6H3. The molecule has 0 heterocycles. The van der Waals surface area contributed by atoms with Gasteiger partial charge in [0.1, 0.15) is 12.4 Å². The number of hydrogen-bond donors (Lipinski definition) is 0. The molecule has 39 heavy (non-hydrogen) atoms. The van der Waals surface area contributed by atoms with Gasteiger partial charge in [-0.1, -0.05) is 125 Å². The molecule has 0 spiro atoms.